The quantitative estimate of drug-likeness (QED) is 0.863. The molecule has 2 aromatic rings. The van der Waals surface area contributed by atoms with E-state index in [-0.39, 0.29) is 5.75 Å². The van der Waals surface area contributed by atoms with Gasteiger partial charge < -0.3 is 15.0 Å². The molecule has 0 aliphatic carbocycles. The van der Waals surface area contributed by atoms with E-state index in [2.05, 4.69) is 20.9 Å². The molecule has 1 heterocycles. The molecule has 16 heavy (non-hydrogen) atoms. The van der Waals surface area contributed by atoms with Gasteiger partial charge in [-0.25, -0.2) is 9.37 Å². The number of hydrogen-bond acceptors (Lipinski definition) is 3. The molecular formula is C10H9BrFN3O. The van der Waals surface area contributed by atoms with Gasteiger partial charge in [0.05, 0.1) is 10.2 Å². The Labute approximate surface area is 100.0 Å². The zero-order valence-corrected chi connectivity index (χ0v) is 10.0. The summed E-state index contributed by atoms with van der Waals surface area (Å²) in [5.74, 6) is -0.187. The van der Waals surface area contributed by atoms with Crippen molar-refractivity contribution in [2.24, 2.45) is 7.05 Å². The largest absolute Gasteiger partial charge is 0.423 e. The molecule has 0 bridgehead atoms. The number of ether oxygens (including phenoxy) is 1. The van der Waals surface area contributed by atoms with Crippen molar-refractivity contribution >= 4 is 21.6 Å². The van der Waals surface area contributed by atoms with Crippen LogP contribution in [-0.4, -0.2) is 9.55 Å². The predicted molar refractivity (Wildman–Crippen MR) is 61.8 cm³/mol. The second-order valence-electron chi connectivity index (χ2n) is 3.23. The van der Waals surface area contributed by atoms with Crippen LogP contribution in [0, 0.1) is 5.82 Å². The SMILES string of the molecule is Cn1ccnc1Oc1cc(F)c(Br)cc1N. The summed E-state index contributed by atoms with van der Waals surface area (Å²) in [7, 11) is 1.77. The lowest BCUT2D eigenvalue weighted by atomic mass is 10.3. The Bertz CT molecular complexity index is 527. The summed E-state index contributed by atoms with van der Waals surface area (Å²) in [6.45, 7) is 0. The van der Waals surface area contributed by atoms with Gasteiger partial charge in [0.15, 0.2) is 5.75 Å². The summed E-state index contributed by atoms with van der Waals surface area (Å²) in [4.78, 5) is 3.96. The third kappa shape index (κ3) is 2.01. The van der Waals surface area contributed by atoms with Crippen molar-refractivity contribution in [3.63, 3.8) is 0 Å². The number of nitrogen functional groups attached to an aromatic ring is 1. The van der Waals surface area contributed by atoms with Gasteiger partial charge in [-0.15, -0.1) is 0 Å². The number of rotatable bonds is 2. The van der Waals surface area contributed by atoms with Gasteiger partial charge >= 0.3 is 6.01 Å². The highest BCUT2D eigenvalue weighted by Crippen LogP contribution is 2.31. The first-order valence-corrected chi connectivity index (χ1v) is 5.27. The van der Waals surface area contributed by atoms with Crippen molar-refractivity contribution in [3.05, 3.63) is 34.8 Å². The first-order chi connectivity index (χ1) is 7.58. The molecule has 0 amide bonds. The molecule has 6 heteroatoms. The van der Waals surface area contributed by atoms with Crippen LogP contribution in [0.2, 0.25) is 0 Å². The maximum Gasteiger partial charge on any atom is 0.301 e. The Morgan fingerprint density at radius 3 is 2.88 bits per heavy atom. The van der Waals surface area contributed by atoms with Gasteiger partial charge in [-0.05, 0) is 22.0 Å². The molecule has 0 spiro atoms. The lowest BCUT2D eigenvalue weighted by Gasteiger charge is -2.08. The Hall–Kier alpha value is -1.56. The fraction of sp³-hybridized carbons (Fsp3) is 0.100. The van der Waals surface area contributed by atoms with Crippen LogP contribution in [0.15, 0.2) is 29.0 Å². The second kappa shape index (κ2) is 4.13. The summed E-state index contributed by atoms with van der Waals surface area (Å²) in [5, 5.41) is 0. The van der Waals surface area contributed by atoms with Gasteiger partial charge in [0.1, 0.15) is 5.82 Å². The van der Waals surface area contributed by atoms with Crippen molar-refractivity contribution in [1.82, 2.24) is 9.55 Å². The first kappa shape index (κ1) is 10.9. The van der Waals surface area contributed by atoms with E-state index >= 15 is 0 Å². The predicted octanol–water partition coefficient (Wildman–Crippen LogP) is 2.70. The molecule has 0 aliphatic heterocycles. The Balaban J connectivity index is 2.35. The molecule has 4 nitrogen and oxygen atoms in total. The molecule has 0 atom stereocenters. The van der Waals surface area contributed by atoms with E-state index in [0.29, 0.717) is 16.2 Å². The number of benzene rings is 1. The minimum atomic E-state index is -0.432. The highest BCUT2D eigenvalue weighted by atomic mass is 79.9. The molecule has 1 aromatic carbocycles. The lowest BCUT2D eigenvalue weighted by Crippen LogP contribution is -1.98. The Morgan fingerprint density at radius 2 is 2.25 bits per heavy atom. The summed E-state index contributed by atoms with van der Waals surface area (Å²) in [6, 6.07) is 3.02. The number of hydrogen-bond donors (Lipinski definition) is 1. The fourth-order valence-corrected chi connectivity index (χ4v) is 1.54. The van der Waals surface area contributed by atoms with Crippen molar-refractivity contribution in [3.8, 4) is 11.8 Å². The molecule has 1 aromatic heterocycles. The summed E-state index contributed by atoms with van der Waals surface area (Å²) < 4.78 is 20.6. The van der Waals surface area contributed by atoms with E-state index in [9.17, 15) is 4.39 Å². The van der Waals surface area contributed by atoms with E-state index in [1.165, 1.54) is 12.1 Å². The molecule has 2 N–H and O–H groups in total. The number of nitrogens with zero attached hydrogens (tertiary/aromatic N) is 2. The number of aromatic nitrogens is 2. The highest BCUT2D eigenvalue weighted by molar-refractivity contribution is 9.10. The van der Waals surface area contributed by atoms with Crippen molar-refractivity contribution in [1.29, 1.82) is 0 Å². The molecule has 84 valence electrons. The van der Waals surface area contributed by atoms with Crippen molar-refractivity contribution in [2.75, 3.05) is 5.73 Å². The fourth-order valence-electron chi connectivity index (χ4n) is 1.18. The van der Waals surface area contributed by atoms with Crippen LogP contribution in [0.1, 0.15) is 0 Å². The van der Waals surface area contributed by atoms with Gasteiger partial charge in [0, 0.05) is 25.5 Å². The lowest BCUT2D eigenvalue weighted by molar-refractivity contribution is 0.423. The number of imidazole rings is 1. The monoisotopic (exact) mass is 285 g/mol. The van der Waals surface area contributed by atoms with Gasteiger partial charge in [-0.3, -0.25) is 0 Å². The van der Waals surface area contributed by atoms with Crippen LogP contribution in [0.4, 0.5) is 10.1 Å². The van der Waals surface area contributed by atoms with Crippen molar-refractivity contribution < 1.29 is 9.13 Å². The third-order valence-electron chi connectivity index (χ3n) is 2.03. The summed E-state index contributed by atoms with van der Waals surface area (Å²) >= 11 is 3.04. The van der Waals surface area contributed by atoms with Gasteiger partial charge in [0.25, 0.3) is 0 Å². The molecule has 0 saturated carbocycles. The average Bonchev–Trinajstić information content (AvgIpc) is 2.61. The van der Waals surface area contributed by atoms with Gasteiger partial charge in [-0.1, -0.05) is 0 Å². The van der Waals surface area contributed by atoms with E-state index < -0.39 is 5.82 Å². The second-order valence-corrected chi connectivity index (χ2v) is 4.08. The van der Waals surface area contributed by atoms with Crippen LogP contribution in [0.5, 0.6) is 11.8 Å². The number of aryl methyl sites for hydroxylation is 1. The Morgan fingerprint density at radius 1 is 1.50 bits per heavy atom. The first-order valence-electron chi connectivity index (χ1n) is 4.47. The topological polar surface area (TPSA) is 53.1 Å². The van der Waals surface area contributed by atoms with Crippen LogP contribution in [0.3, 0.4) is 0 Å². The van der Waals surface area contributed by atoms with Crippen LogP contribution < -0.4 is 10.5 Å². The Kier molecular flexibility index (Phi) is 2.82. The van der Waals surface area contributed by atoms with Crippen molar-refractivity contribution in [2.45, 2.75) is 0 Å². The normalized spacial score (nSPS) is 10.4. The molecule has 0 aliphatic rings. The molecule has 0 fully saturated rings. The summed E-state index contributed by atoms with van der Waals surface area (Å²) in [5.41, 5.74) is 6.04. The highest BCUT2D eigenvalue weighted by Gasteiger charge is 2.10. The van der Waals surface area contributed by atoms with Crippen LogP contribution >= 0.6 is 15.9 Å². The van der Waals surface area contributed by atoms with Gasteiger partial charge in [0.2, 0.25) is 0 Å². The summed E-state index contributed by atoms with van der Waals surface area (Å²) in [6.07, 6.45) is 3.31. The standard InChI is InChI=1S/C10H9BrFN3O/c1-15-3-2-14-10(15)16-9-5-7(12)6(11)4-8(9)13/h2-5H,13H2,1H3. The molecule has 0 unspecified atom stereocenters. The minimum Gasteiger partial charge on any atom is -0.423 e. The third-order valence-corrected chi connectivity index (χ3v) is 2.64. The molecular weight excluding hydrogens is 277 g/mol. The van der Waals surface area contributed by atoms with Crippen LogP contribution in [-0.2, 0) is 7.05 Å². The van der Waals surface area contributed by atoms with E-state index in [0.717, 1.165) is 0 Å². The van der Waals surface area contributed by atoms with E-state index in [4.69, 9.17) is 10.5 Å². The maximum absolute atomic E-state index is 13.3. The number of nitrogens with two attached hydrogens (primary N) is 1. The number of anilines is 1. The smallest absolute Gasteiger partial charge is 0.301 e. The molecule has 0 saturated heterocycles. The molecule has 2 rings (SSSR count). The zero-order chi connectivity index (χ0) is 11.7. The number of halogens is 2. The molecule has 0 radical (unpaired) electrons. The minimum absolute atomic E-state index is 0.245. The van der Waals surface area contributed by atoms with Crippen LogP contribution in [0.25, 0.3) is 0 Å². The average molecular weight is 286 g/mol. The van der Waals surface area contributed by atoms with E-state index in [1.54, 1.807) is 24.0 Å². The zero-order valence-electron chi connectivity index (χ0n) is 8.45. The van der Waals surface area contributed by atoms with Gasteiger partial charge in [-0.2, -0.15) is 0 Å². The maximum atomic E-state index is 13.3. The van der Waals surface area contributed by atoms with E-state index in [1.807, 2.05) is 0 Å².